The molecule has 198 valence electrons. The first-order valence-corrected chi connectivity index (χ1v) is 13.0. The summed E-state index contributed by atoms with van der Waals surface area (Å²) < 4.78 is 16.2. The topological polar surface area (TPSA) is 130 Å². The molecule has 0 radical (unpaired) electrons. The number of nitrogens with zero attached hydrogens (tertiary/aromatic N) is 2. The number of hydrogen-bond acceptors (Lipinski definition) is 9. The number of rotatable bonds is 15. The number of thioether (sulfide) groups is 1. The molecule has 0 aliphatic rings. The van der Waals surface area contributed by atoms with Crippen molar-refractivity contribution in [3.05, 3.63) is 22.4 Å². The molecule has 0 fully saturated rings. The Bertz CT molecular complexity index is 830. The number of alkyl carbamates (subject to hydrolysis) is 1. The van der Waals surface area contributed by atoms with Gasteiger partial charge in [-0.05, 0) is 40.0 Å². The van der Waals surface area contributed by atoms with Crippen LogP contribution in [0.15, 0.2) is 17.2 Å². The van der Waals surface area contributed by atoms with Gasteiger partial charge in [0.15, 0.2) is 0 Å². The van der Waals surface area contributed by atoms with Crippen LogP contribution in [0.4, 0.5) is 10.5 Å². The molecule has 1 rings (SSSR count). The van der Waals surface area contributed by atoms with E-state index in [2.05, 4.69) is 24.1 Å². The van der Waals surface area contributed by atoms with Crippen molar-refractivity contribution in [3.63, 3.8) is 0 Å². The molecule has 11 heteroatoms. The minimum absolute atomic E-state index is 0.0944. The predicted molar refractivity (Wildman–Crippen MR) is 135 cm³/mol. The Morgan fingerprint density at radius 3 is 2.57 bits per heavy atom. The summed E-state index contributed by atoms with van der Waals surface area (Å²) in [7, 11) is 0. The number of carbonyl (C=O) groups excluding carboxylic acids is 2. The number of carbonyl (C=O) groups is 2. The van der Waals surface area contributed by atoms with Gasteiger partial charge in [0.1, 0.15) is 18.4 Å². The molecule has 0 saturated heterocycles. The normalized spacial score (nSPS) is 13.0. The second-order valence-electron chi connectivity index (χ2n) is 9.30. The Labute approximate surface area is 212 Å². The molecule has 1 aromatic heterocycles. The van der Waals surface area contributed by atoms with Crippen molar-refractivity contribution in [1.29, 1.82) is 0 Å². The lowest BCUT2D eigenvalue weighted by Gasteiger charge is -2.22. The summed E-state index contributed by atoms with van der Waals surface area (Å²) in [6, 6.07) is 1.09. The minimum Gasteiger partial charge on any atom is -0.475 e. The minimum atomic E-state index is -0.615. The molecule has 0 aliphatic heterocycles. The fourth-order valence-electron chi connectivity index (χ4n) is 2.93. The average Bonchev–Trinajstić information content (AvgIpc) is 2.76. The van der Waals surface area contributed by atoms with Gasteiger partial charge in [0.05, 0.1) is 28.9 Å². The lowest BCUT2D eigenvalue weighted by Crippen LogP contribution is -2.40. The SMILES string of the molecule is CCCCC(CC)COC(=O)CCSc1cc(OC[C@H](C)NC(=O)OC(C)(C)C)ncc1[N+](=O)[O-]. The monoisotopic (exact) mass is 513 g/mol. The summed E-state index contributed by atoms with van der Waals surface area (Å²) in [4.78, 5) is 39.2. The maximum absolute atomic E-state index is 12.1. The Morgan fingerprint density at radius 2 is 1.97 bits per heavy atom. The average molecular weight is 514 g/mol. The highest BCUT2D eigenvalue weighted by Crippen LogP contribution is 2.31. The maximum atomic E-state index is 12.1. The third-order valence-electron chi connectivity index (χ3n) is 4.85. The van der Waals surface area contributed by atoms with Crippen molar-refractivity contribution in [3.8, 4) is 5.88 Å². The third kappa shape index (κ3) is 13.2. The van der Waals surface area contributed by atoms with Crippen molar-refractivity contribution >= 4 is 29.5 Å². The maximum Gasteiger partial charge on any atom is 0.407 e. The van der Waals surface area contributed by atoms with Crippen LogP contribution < -0.4 is 10.1 Å². The second kappa shape index (κ2) is 15.4. The van der Waals surface area contributed by atoms with E-state index >= 15 is 0 Å². The Kier molecular flexibility index (Phi) is 13.4. The van der Waals surface area contributed by atoms with Crippen LogP contribution in [-0.2, 0) is 14.3 Å². The largest absolute Gasteiger partial charge is 0.475 e. The molecular formula is C24H39N3O7S. The Balaban J connectivity index is 2.60. The number of nitrogens with one attached hydrogen (secondary N) is 1. The molecule has 1 heterocycles. The lowest BCUT2D eigenvalue weighted by atomic mass is 10.0. The number of hydrogen-bond donors (Lipinski definition) is 1. The Hall–Kier alpha value is -2.56. The molecule has 0 saturated carbocycles. The summed E-state index contributed by atoms with van der Waals surface area (Å²) in [5.41, 5.74) is -0.781. The highest BCUT2D eigenvalue weighted by molar-refractivity contribution is 7.99. The predicted octanol–water partition coefficient (Wildman–Crippen LogP) is 5.52. The van der Waals surface area contributed by atoms with E-state index in [4.69, 9.17) is 14.2 Å². The van der Waals surface area contributed by atoms with Gasteiger partial charge in [-0.15, -0.1) is 11.8 Å². The summed E-state index contributed by atoms with van der Waals surface area (Å²) in [5.74, 6) is 0.550. The molecule has 1 amide bonds. The van der Waals surface area contributed by atoms with Gasteiger partial charge in [-0.25, -0.2) is 9.78 Å². The van der Waals surface area contributed by atoms with Gasteiger partial charge >= 0.3 is 17.7 Å². The summed E-state index contributed by atoms with van der Waals surface area (Å²) >= 11 is 1.17. The van der Waals surface area contributed by atoms with Crippen LogP contribution in [0.25, 0.3) is 0 Å². The summed E-state index contributed by atoms with van der Waals surface area (Å²) in [6.07, 6.45) is 4.91. The zero-order valence-corrected chi connectivity index (χ0v) is 22.4. The van der Waals surface area contributed by atoms with Gasteiger partial charge in [-0.1, -0.05) is 33.1 Å². The molecule has 0 spiro atoms. The van der Waals surface area contributed by atoms with Crippen molar-refractivity contribution in [2.24, 2.45) is 5.92 Å². The third-order valence-corrected chi connectivity index (χ3v) is 5.90. The van der Waals surface area contributed by atoms with Crippen LogP contribution >= 0.6 is 11.8 Å². The number of amides is 1. The molecule has 0 aromatic carbocycles. The molecule has 2 atom stereocenters. The smallest absolute Gasteiger partial charge is 0.407 e. The van der Waals surface area contributed by atoms with Crippen LogP contribution in [-0.4, -0.2) is 52.6 Å². The van der Waals surface area contributed by atoms with E-state index in [1.165, 1.54) is 17.8 Å². The second-order valence-corrected chi connectivity index (χ2v) is 10.4. The summed E-state index contributed by atoms with van der Waals surface area (Å²) in [5, 5.41) is 14.0. The number of aromatic nitrogens is 1. The van der Waals surface area contributed by atoms with E-state index in [1.807, 2.05) is 0 Å². The van der Waals surface area contributed by atoms with E-state index in [1.54, 1.807) is 27.7 Å². The first kappa shape index (κ1) is 30.5. The molecular weight excluding hydrogens is 474 g/mol. The van der Waals surface area contributed by atoms with E-state index < -0.39 is 16.6 Å². The molecule has 1 N–H and O–H groups in total. The van der Waals surface area contributed by atoms with Gasteiger partial charge < -0.3 is 19.5 Å². The van der Waals surface area contributed by atoms with Crippen molar-refractivity contribution < 1.29 is 28.7 Å². The Morgan fingerprint density at radius 1 is 1.26 bits per heavy atom. The molecule has 1 aromatic rings. The standard InChI is InChI=1S/C24H39N3O7S/c1-7-9-10-18(8-2)16-33-22(28)11-12-35-20-13-21(25-14-19(20)27(30)31)32-15-17(3)26-23(29)34-24(4,5)6/h13-14,17-18H,7-12,15-16H2,1-6H3,(H,26,29)/t17-,18?/m0/s1. The first-order chi connectivity index (χ1) is 16.4. The van der Waals surface area contributed by atoms with Crippen LogP contribution in [0.1, 0.15) is 73.6 Å². The fraction of sp³-hybridized carbons (Fsp3) is 0.708. The van der Waals surface area contributed by atoms with E-state index in [0.717, 1.165) is 31.9 Å². The molecule has 0 aliphatic carbocycles. The highest BCUT2D eigenvalue weighted by Gasteiger charge is 2.20. The molecule has 1 unspecified atom stereocenters. The van der Waals surface area contributed by atoms with Gasteiger partial charge in [0.2, 0.25) is 5.88 Å². The molecule has 10 nitrogen and oxygen atoms in total. The zero-order chi connectivity index (χ0) is 26.4. The van der Waals surface area contributed by atoms with E-state index in [9.17, 15) is 19.7 Å². The number of pyridine rings is 1. The zero-order valence-electron chi connectivity index (χ0n) is 21.6. The summed E-state index contributed by atoms with van der Waals surface area (Å²) in [6.45, 7) is 11.8. The quantitative estimate of drug-likeness (QED) is 0.139. The van der Waals surface area contributed by atoms with Gasteiger partial charge in [0, 0.05) is 11.8 Å². The van der Waals surface area contributed by atoms with E-state index in [0.29, 0.717) is 23.2 Å². The fourth-order valence-corrected chi connectivity index (χ4v) is 3.88. The van der Waals surface area contributed by atoms with Gasteiger partial charge in [-0.3, -0.25) is 14.9 Å². The first-order valence-electron chi connectivity index (χ1n) is 12.0. The van der Waals surface area contributed by atoms with Crippen molar-refractivity contribution in [2.45, 2.75) is 90.2 Å². The van der Waals surface area contributed by atoms with Crippen molar-refractivity contribution in [1.82, 2.24) is 10.3 Å². The molecule has 0 bridgehead atoms. The van der Waals surface area contributed by atoms with Crippen LogP contribution in [0, 0.1) is 16.0 Å². The number of ether oxygens (including phenoxy) is 3. The highest BCUT2D eigenvalue weighted by atomic mass is 32.2. The molecule has 35 heavy (non-hydrogen) atoms. The number of nitro groups is 1. The number of unbranched alkanes of at least 4 members (excludes halogenated alkanes) is 1. The van der Waals surface area contributed by atoms with E-state index in [-0.39, 0.29) is 36.6 Å². The van der Waals surface area contributed by atoms with Crippen LogP contribution in [0.5, 0.6) is 5.88 Å². The van der Waals surface area contributed by atoms with Crippen molar-refractivity contribution in [2.75, 3.05) is 19.0 Å². The van der Waals surface area contributed by atoms with Gasteiger partial charge in [-0.2, -0.15) is 0 Å². The number of esters is 1. The lowest BCUT2D eigenvalue weighted by molar-refractivity contribution is -0.388. The van der Waals surface area contributed by atoms with Crippen LogP contribution in [0.2, 0.25) is 0 Å². The van der Waals surface area contributed by atoms with Crippen LogP contribution in [0.3, 0.4) is 0 Å². The van der Waals surface area contributed by atoms with Gasteiger partial charge in [0.25, 0.3) is 0 Å².